The molecule has 0 fully saturated rings. The molecule has 0 heterocycles. The summed E-state index contributed by atoms with van der Waals surface area (Å²) in [4.78, 5) is 12.1. The van der Waals surface area contributed by atoms with Gasteiger partial charge in [-0.25, -0.2) is 4.39 Å². The number of hydrogen-bond acceptors (Lipinski definition) is 3. The minimum atomic E-state index is -0.347. The Morgan fingerprint density at radius 2 is 1.53 bits per heavy atom. The average molecular weight is 444 g/mol. The van der Waals surface area contributed by atoms with Gasteiger partial charge in [0.2, 0.25) is 0 Å². The summed E-state index contributed by atoms with van der Waals surface area (Å²) in [6, 6.07) is 11.7. The maximum Gasteiger partial charge on any atom is 0.251 e. The van der Waals surface area contributed by atoms with E-state index < -0.39 is 0 Å². The second-order valence-corrected chi connectivity index (χ2v) is 9.42. The Balaban J connectivity index is 1.96. The molecule has 0 aliphatic heterocycles. The van der Waals surface area contributed by atoms with Crippen molar-refractivity contribution in [3.8, 4) is 11.5 Å². The van der Waals surface area contributed by atoms with Crippen LogP contribution in [0.1, 0.15) is 83.1 Å². The number of unbranched alkanes of at least 4 members (excludes halogenated alkanes) is 1. The molecular formula is C27H38FNO3. The highest BCUT2D eigenvalue weighted by Crippen LogP contribution is 2.32. The second kappa shape index (κ2) is 11.3. The molecule has 2 aromatic rings. The molecule has 32 heavy (non-hydrogen) atoms. The minimum Gasteiger partial charge on any atom is -0.488 e. The van der Waals surface area contributed by atoms with Crippen molar-refractivity contribution in [3.63, 3.8) is 0 Å². The van der Waals surface area contributed by atoms with Gasteiger partial charge in [-0.2, -0.15) is 0 Å². The van der Waals surface area contributed by atoms with Crippen molar-refractivity contribution in [2.75, 3.05) is 6.54 Å². The largest absolute Gasteiger partial charge is 0.488 e. The number of hydrogen-bond donors (Lipinski definition) is 1. The number of nitrogens with one attached hydrogen (secondary N) is 1. The van der Waals surface area contributed by atoms with E-state index in [4.69, 9.17) is 9.47 Å². The predicted octanol–water partition coefficient (Wildman–Crippen LogP) is 6.71. The zero-order chi connectivity index (χ0) is 23.8. The number of carbonyl (C=O) groups is 1. The number of ether oxygens (including phenoxy) is 2. The van der Waals surface area contributed by atoms with Crippen molar-refractivity contribution in [3.05, 3.63) is 59.4 Å². The molecule has 176 valence electrons. The van der Waals surface area contributed by atoms with E-state index >= 15 is 0 Å². The zero-order valence-electron chi connectivity index (χ0n) is 20.4. The first kappa shape index (κ1) is 25.7. The van der Waals surface area contributed by atoms with Crippen LogP contribution in [0.2, 0.25) is 0 Å². The molecule has 0 spiro atoms. The van der Waals surface area contributed by atoms with Crippen LogP contribution in [0.15, 0.2) is 42.5 Å². The standard InChI is InChI=1S/C27H38FNO3/c1-7-26(3,4)31-23-17-14-20(24(19-23)32-27(5,6)8-2)11-9-10-18-29-25(30)21-12-15-22(28)16-13-21/h12-17,19H,7-11,18H2,1-6H3,(H,29,30). The smallest absolute Gasteiger partial charge is 0.251 e. The topological polar surface area (TPSA) is 47.6 Å². The molecule has 0 radical (unpaired) electrons. The SMILES string of the molecule is CCC(C)(C)Oc1ccc(CCCCNC(=O)c2ccc(F)cc2)c(OC(C)(C)CC)c1. The van der Waals surface area contributed by atoms with E-state index in [1.807, 2.05) is 12.1 Å². The van der Waals surface area contributed by atoms with E-state index in [0.717, 1.165) is 49.2 Å². The molecule has 0 aromatic heterocycles. The van der Waals surface area contributed by atoms with E-state index in [-0.39, 0.29) is 22.9 Å². The minimum absolute atomic E-state index is 0.182. The Morgan fingerprint density at radius 1 is 0.906 bits per heavy atom. The Morgan fingerprint density at radius 3 is 2.16 bits per heavy atom. The van der Waals surface area contributed by atoms with E-state index in [9.17, 15) is 9.18 Å². The van der Waals surface area contributed by atoms with E-state index in [2.05, 4.69) is 52.9 Å². The van der Waals surface area contributed by atoms with Crippen LogP contribution in [-0.2, 0) is 6.42 Å². The Kier molecular flexibility index (Phi) is 9.11. The van der Waals surface area contributed by atoms with Gasteiger partial charge in [0, 0.05) is 18.2 Å². The molecule has 0 aliphatic rings. The first-order chi connectivity index (χ1) is 15.0. The Hall–Kier alpha value is -2.56. The monoisotopic (exact) mass is 443 g/mol. The highest BCUT2D eigenvalue weighted by molar-refractivity contribution is 5.94. The summed E-state index contributed by atoms with van der Waals surface area (Å²) in [6.07, 6.45) is 4.40. The van der Waals surface area contributed by atoms with Crippen molar-refractivity contribution in [2.24, 2.45) is 0 Å². The summed E-state index contributed by atoms with van der Waals surface area (Å²) in [5, 5.41) is 2.90. The molecule has 1 N–H and O–H groups in total. The molecule has 4 nitrogen and oxygen atoms in total. The fourth-order valence-corrected chi connectivity index (χ4v) is 3.01. The number of amides is 1. The van der Waals surface area contributed by atoms with Gasteiger partial charge in [-0.1, -0.05) is 19.9 Å². The van der Waals surface area contributed by atoms with Crippen LogP contribution in [-0.4, -0.2) is 23.7 Å². The van der Waals surface area contributed by atoms with Crippen LogP contribution in [0.5, 0.6) is 11.5 Å². The molecule has 0 saturated heterocycles. The van der Waals surface area contributed by atoms with Gasteiger partial charge in [0.1, 0.15) is 28.5 Å². The number of carbonyl (C=O) groups excluding carboxylic acids is 1. The van der Waals surface area contributed by atoms with Crippen LogP contribution in [0.25, 0.3) is 0 Å². The first-order valence-corrected chi connectivity index (χ1v) is 11.6. The first-order valence-electron chi connectivity index (χ1n) is 11.6. The van der Waals surface area contributed by atoms with Crippen LogP contribution >= 0.6 is 0 Å². The molecule has 0 unspecified atom stereocenters. The molecule has 0 atom stereocenters. The predicted molar refractivity (Wildman–Crippen MR) is 128 cm³/mol. The number of benzene rings is 2. The molecule has 0 saturated carbocycles. The van der Waals surface area contributed by atoms with Crippen LogP contribution in [0, 0.1) is 5.82 Å². The molecule has 0 bridgehead atoms. The Bertz CT molecular complexity index is 875. The highest BCUT2D eigenvalue weighted by atomic mass is 19.1. The molecule has 5 heteroatoms. The number of rotatable bonds is 12. The van der Waals surface area contributed by atoms with Gasteiger partial charge in [-0.15, -0.1) is 0 Å². The summed E-state index contributed by atoms with van der Waals surface area (Å²) in [7, 11) is 0. The lowest BCUT2D eigenvalue weighted by molar-refractivity contribution is 0.0941. The van der Waals surface area contributed by atoms with Gasteiger partial charge in [0.25, 0.3) is 5.91 Å². The summed E-state index contributed by atoms with van der Waals surface area (Å²) in [5.74, 6) is 1.14. The van der Waals surface area contributed by atoms with Crippen LogP contribution in [0.3, 0.4) is 0 Å². The average Bonchev–Trinajstić information content (AvgIpc) is 2.74. The molecule has 2 aromatic carbocycles. The van der Waals surface area contributed by atoms with Gasteiger partial charge in [0.15, 0.2) is 0 Å². The van der Waals surface area contributed by atoms with E-state index in [1.165, 1.54) is 24.3 Å². The third-order valence-electron chi connectivity index (χ3n) is 5.79. The quantitative estimate of drug-likeness (QED) is 0.371. The lowest BCUT2D eigenvalue weighted by Crippen LogP contribution is -2.28. The third kappa shape index (κ3) is 8.18. The molecule has 1 amide bonds. The normalized spacial score (nSPS) is 11.8. The van der Waals surface area contributed by atoms with Gasteiger partial charge in [-0.05, 0) is 95.7 Å². The van der Waals surface area contributed by atoms with Gasteiger partial charge in [0.05, 0.1) is 0 Å². The number of halogens is 1. The number of aryl methyl sites for hydroxylation is 1. The van der Waals surface area contributed by atoms with Crippen molar-refractivity contribution >= 4 is 5.91 Å². The van der Waals surface area contributed by atoms with Gasteiger partial charge >= 0.3 is 0 Å². The lowest BCUT2D eigenvalue weighted by atomic mass is 10.0. The summed E-state index contributed by atoms with van der Waals surface area (Å²) < 4.78 is 25.5. The van der Waals surface area contributed by atoms with Gasteiger partial charge < -0.3 is 14.8 Å². The van der Waals surface area contributed by atoms with Crippen LogP contribution in [0.4, 0.5) is 4.39 Å². The van der Waals surface area contributed by atoms with Crippen LogP contribution < -0.4 is 14.8 Å². The van der Waals surface area contributed by atoms with Gasteiger partial charge in [-0.3, -0.25) is 4.79 Å². The van der Waals surface area contributed by atoms with E-state index in [1.54, 1.807) is 0 Å². The lowest BCUT2D eigenvalue weighted by Gasteiger charge is -2.29. The highest BCUT2D eigenvalue weighted by Gasteiger charge is 2.21. The summed E-state index contributed by atoms with van der Waals surface area (Å²) in [6.45, 7) is 13.1. The molecular weight excluding hydrogens is 405 g/mol. The Labute approximate surface area is 192 Å². The van der Waals surface area contributed by atoms with Crippen molar-refractivity contribution < 1.29 is 18.7 Å². The maximum atomic E-state index is 13.0. The zero-order valence-corrected chi connectivity index (χ0v) is 20.4. The summed E-state index contributed by atoms with van der Waals surface area (Å²) >= 11 is 0. The van der Waals surface area contributed by atoms with Crippen molar-refractivity contribution in [2.45, 2.75) is 84.8 Å². The molecule has 0 aliphatic carbocycles. The van der Waals surface area contributed by atoms with Crippen molar-refractivity contribution in [1.82, 2.24) is 5.32 Å². The second-order valence-electron chi connectivity index (χ2n) is 9.42. The van der Waals surface area contributed by atoms with Crippen molar-refractivity contribution in [1.29, 1.82) is 0 Å². The summed E-state index contributed by atoms with van der Waals surface area (Å²) in [5.41, 5.74) is 1.10. The maximum absolute atomic E-state index is 13.0. The molecule has 2 rings (SSSR count). The van der Waals surface area contributed by atoms with E-state index in [0.29, 0.717) is 12.1 Å². The fraction of sp³-hybridized carbons (Fsp3) is 0.519. The third-order valence-corrected chi connectivity index (χ3v) is 5.79. The fourth-order valence-electron chi connectivity index (χ4n) is 3.01.